The first-order valence-electron chi connectivity index (χ1n) is 16.0. The highest BCUT2D eigenvalue weighted by molar-refractivity contribution is 5.92. The van der Waals surface area contributed by atoms with Crippen LogP contribution >= 0.6 is 0 Å². The molecule has 0 unspecified atom stereocenters. The summed E-state index contributed by atoms with van der Waals surface area (Å²) in [7, 11) is 0. The smallest absolute Gasteiger partial charge is 0.270 e. The van der Waals surface area contributed by atoms with Crippen LogP contribution in [0.5, 0.6) is 5.88 Å². The Bertz CT molecular complexity index is 1270. The van der Waals surface area contributed by atoms with Gasteiger partial charge < -0.3 is 24.6 Å². The number of benzene rings is 1. The molecule has 6 rings (SSSR count). The molecule has 3 amide bonds. The molecule has 10 nitrogen and oxygen atoms in total. The van der Waals surface area contributed by atoms with Gasteiger partial charge in [-0.3, -0.25) is 19.3 Å². The number of carbonyl (C=O) groups excluding carboxylic acids is 3. The molecule has 1 aromatic heterocycles. The highest BCUT2D eigenvalue weighted by atomic mass is 16.5. The Kier molecular flexibility index (Phi) is 10.5. The van der Waals surface area contributed by atoms with E-state index >= 15 is 0 Å². The van der Waals surface area contributed by atoms with Gasteiger partial charge in [0.05, 0.1) is 19.3 Å². The highest BCUT2D eigenvalue weighted by Crippen LogP contribution is 2.27. The number of amides is 3. The van der Waals surface area contributed by atoms with E-state index in [0.717, 1.165) is 18.4 Å². The number of hydrogen-bond donors (Lipinski definition) is 1. The van der Waals surface area contributed by atoms with Gasteiger partial charge in [0.15, 0.2) is 0 Å². The van der Waals surface area contributed by atoms with Crippen LogP contribution in [0.25, 0.3) is 0 Å². The lowest BCUT2D eigenvalue weighted by Crippen LogP contribution is -2.49. The molecule has 44 heavy (non-hydrogen) atoms. The summed E-state index contributed by atoms with van der Waals surface area (Å²) in [5.74, 6) is 0.652. The summed E-state index contributed by atoms with van der Waals surface area (Å²) in [5.41, 5.74) is 1.30. The average molecular weight is 606 g/mol. The molecule has 0 saturated carbocycles. The van der Waals surface area contributed by atoms with Crippen LogP contribution in [0.15, 0.2) is 48.5 Å². The predicted octanol–water partition coefficient (Wildman–Crippen LogP) is 3.37. The van der Waals surface area contributed by atoms with Crippen molar-refractivity contribution < 1.29 is 23.9 Å². The summed E-state index contributed by atoms with van der Waals surface area (Å²) in [6, 6.07) is 14.8. The third kappa shape index (κ3) is 8.79. The molecule has 2 atom stereocenters. The molecule has 6 bridgehead atoms. The van der Waals surface area contributed by atoms with Crippen LogP contribution in [0.1, 0.15) is 62.5 Å². The first-order chi connectivity index (χ1) is 21.1. The fraction of sp³-hybridized carbons (Fsp3) is 0.588. The summed E-state index contributed by atoms with van der Waals surface area (Å²) in [6.07, 6.45) is 2.72. The lowest BCUT2D eigenvalue weighted by atomic mass is 9.90. The molecular weight excluding hydrogens is 558 g/mol. The van der Waals surface area contributed by atoms with Gasteiger partial charge in [-0.15, -0.1) is 0 Å². The van der Waals surface area contributed by atoms with Crippen LogP contribution in [0.4, 0.5) is 0 Å². The molecular formula is C34H47N5O5. The maximum absolute atomic E-state index is 14.0. The topological polar surface area (TPSA) is 104 Å². The Labute approximate surface area is 261 Å². The quantitative estimate of drug-likeness (QED) is 0.535. The summed E-state index contributed by atoms with van der Waals surface area (Å²) in [6.45, 7) is 11.0. The maximum Gasteiger partial charge on any atom is 0.270 e. The van der Waals surface area contributed by atoms with Gasteiger partial charge in [-0.05, 0) is 42.2 Å². The molecule has 2 aromatic rings. The van der Waals surface area contributed by atoms with E-state index in [1.807, 2.05) is 28.0 Å². The molecule has 10 heteroatoms. The van der Waals surface area contributed by atoms with Crippen molar-refractivity contribution in [2.75, 3.05) is 52.5 Å². The first kappa shape index (κ1) is 31.9. The van der Waals surface area contributed by atoms with Gasteiger partial charge in [-0.2, -0.15) is 0 Å². The van der Waals surface area contributed by atoms with Gasteiger partial charge in [-0.25, -0.2) is 4.98 Å². The number of ether oxygens (including phenoxy) is 2. The zero-order valence-electron chi connectivity index (χ0n) is 26.4. The number of hydrogen-bond acceptors (Lipinski definition) is 7. The van der Waals surface area contributed by atoms with E-state index in [1.165, 1.54) is 0 Å². The lowest BCUT2D eigenvalue weighted by Gasteiger charge is -2.37. The van der Waals surface area contributed by atoms with Crippen molar-refractivity contribution in [1.82, 2.24) is 25.0 Å². The normalized spacial score (nSPS) is 24.4. The third-order valence-electron chi connectivity index (χ3n) is 8.63. The summed E-state index contributed by atoms with van der Waals surface area (Å²) in [4.78, 5) is 51.1. The zero-order valence-corrected chi connectivity index (χ0v) is 26.4. The Morgan fingerprint density at radius 2 is 1.73 bits per heavy atom. The third-order valence-corrected chi connectivity index (χ3v) is 8.63. The van der Waals surface area contributed by atoms with Crippen molar-refractivity contribution in [1.29, 1.82) is 0 Å². The van der Waals surface area contributed by atoms with Crippen molar-refractivity contribution in [2.45, 2.75) is 65.1 Å². The summed E-state index contributed by atoms with van der Waals surface area (Å²) >= 11 is 0. The molecule has 5 heterocycles. The second-order valence-electron chi connectivity index (χ2n) is 13.5. The molecule has 2 fully saturated rings. The number of rotatable bonds is 3. The van der Waals surface area contributed by atoms with Crippen molar-refractivity contribution in [3.05, 3.63) is 59.8 Å². The van der Waals surface area contributed by atoms with Crippen molar-refractivity contribution in [3.8, 4) is 5.88 Å². The number of likely N-dealkylation sites (tertiary alicyclic amines) is 1. The second-order valence-corrected chi connectivity index (χ2v) is 13.5. The standard InChI is InChI=1S/C34H47N5O5/c1-34(2,3)21-31(40)38-16-17-43-18-19-44-30-11-7-10-28(36-30)32(41)35-27-20-29(33(42)37-14-12-26(22-38)13-15-37)39(24-27)23-25-8-5-4-6-9-25/h4-11,26-27,29H,12-24H2,1-3H3,(H,35,41)/t27-,29+/m1/s1. The minimum Gasteiger partial charge on any atom is -0.475 e. The van der Waals surface area contributed by atoms with E-state index in [2.05, 4.69) is 48.1 Å². The van der Waals surface area contributed by atoms with E-state index in [0.29, 0.717) is 77.1 Å². The number of nitrogens with one attached hydrogen (secondary N) is 1. The SMILES string of the molecule is CC(C)(C)CC(=O)N1CCOCCOc2cccc(n2)C(=O)N[C@@H]2C[C@@H](C(=O)N3CCC(CC3)C1)N(Cc1ccccc1)C2. The molecule has 1 N–H and O–H groups in total. The van der Waals surface area contributed by atoms with E-state index in [-0.39, 0.29) is 47.5 Å². The minimum absolute atomic E-state index is 0.105. The minimum atomic E-state index is -0.323. The van der Waals surface area contributed by atoms with Gasteiger partial charge >= 0.3 is 0 Å². The molecule has 2 saturated heterocycles. The molecule has 0 radical (unpaired) electrons. The fourth-order valence-electron chi connectivity index (χ4n) is 6.36. The van der Waals surface area contributed by atoms with Crippen molar-refractivity contribution in [3.63, 3.8) is 0 Å². The molecule has 0 aliphatic carbocycles. The molecule has 1 aromatic carbocycles. The molecule has 238 valence electrons. The Morgan fingerprint density at radius 1 is 0.955 bits per heavy atom. The first-order valence-corrected chi connectivity index (χ1v) is 16.0. The van der Waals surface area contributed by atoms with Gasteiger partial charge in [0.25, 0.3) is 5.91 Å². The number of nitrogens with zero attached hydrogens (tertiary/aromatic N) is 4. The van der Waals surface area contributed by atoms with Crippen molar-refractivity contribution >= 4 is 17.7 Å². The van der Waals surface area contributed by atoms with Gasteiger partial charge in [0.2, 0.25) is 17.7 Å². The number of aromatic nitrogens is 1. The molecule has 4 aliphatic heterocycles. The zero-order chi connectivity index (χ0) is 31.1. The second kappa shape index (κ2) is 14.5. The lowest BCUT2D eigenvalue weighted by molar-refractivity contribution is -0.139. The van der Waals surface area contributed by atoms with E-state index < -0.39 is 0 Å². The maximum atomic E-state index is 14.0. The van der Waals surface area contributed by atoms with Crippen molar-refractivity contribution in [2.24, 2.45) is 11.3 Å². The average Bonchev–Trinajstić information content (AvgIpc) is 3.39. The van der Waals surface area contributed by atoms with Gasteiger partial charge in [0, 0.05) is 57.8 Å². The summed E-state index contributed by atoms with van der Waals surface area (Å²) < 4.78 is 11.6. The molecule has 0 spiro atoms. The Hall–Kier alpha value is -3.50. The van der Waals surface area contributed by atoms with E-state index in [4.69, 9.17) is 9.47 Å². The number of fused-ring (bicyclic) bond motifs is 10. The largest absolute Gasteiger partial charge is 0.475 e. The highest BCUT2D eigenvalue weighted by Gasteiger charge is 2.40. The number of pyridine rings is 1. The van der Waals surface area contributed by atoms with Crippen LogP contribution in [0, 0.1) is 11.3 Å². The Morgan fingerprint density at radius 3 is 2.48 bits per heavy atom. The monoisotopic (exact) mass is 605 g/mol. The van der Waals surface area contributed by atoms with Crippen LogP contribution in [-0.2, 0) is 20.9 Å². The Balaban J connectivity index is 1.34. The fourth-order valence-corrected chi connectivity index (χ4v) is 6.36. The number of piperidine rings is 1. The number of carbonyl (C=O) groups is 3. The molecule has 4 aliphatic rings. The van der Waals surface area contributed by atoms with Crippen LogP contribution in [0.2, 0.25) is 0 Å². The van der Waals surface area contributed by atoms with Gasteiger partial charge in [0.1, 0.15) is 12.3 Å². The van der Waals surface area contributed by atoms with Gasteiger partial charge in [-0.1, -0.05) is 57.2 Å². The van der Waals surface area contributed by atoms with Crippen LogP contribution < -0.4 is 10.1 Å². The summed E-state index contributed by atoms with van der Waals surface area (Å²) in [5, 5.41) is 3.13. The van der Waals surface area contributed by atoms with Crippen LogP contribution in [-0.4, -0.2) is 102 Å². The van der Waals surface area contributed by atoms with E-state index in [9.17, 15) is 14.4 Å². The van der Waals surface area contributed by atoms with Crippen LogP contribution in [0.3, 0.4) is 0 Å². The van der Waals surface area contributed by atoms with E-state index in [1.54, 1.807) is 18.2 Å². The predicted molar refractivity (Wildman–Crippen MR) is 167 cm³/mol.